The number of methoxy groups -OCH3 is 1. The number of nitrogens with zero attached hydrogens (tertiary/aromatic N) is 3. The van der Waals surface area contributed by atoms with E-state index in [1.165, 1.54) is 0 Å². The second kappa shape index (κ2) is 8.41. The van der Waals surface area contributed by atoms with Gasteiger partial charge in [0.15, 0.2) is 11.5 Å². The van der Waals surface area contributed by atoms with Gasteiger partial charge in [-0.1, -0.05) is 18.2 Å². The van der Waals surface area contributed by atoms with E-state index in [-0.39, 0.29) is 6.04 Å². The number of ether oxygens (including phenoxy) is 2. The van der Waals surface area contributed by atoms with Crippen molar-refractivity contribution in [2.45, 2.75) is 26.8 Å². The van der Waals surface area contributed by atoms with Gasteiger partial charge in [0, 0.05) is 29.3 Å². The van der Waals surface area contributed by atoms with Gasteiger partial charge in [0.2, 0.25) is 0 Å². The van der Waals surface area contributed by atoms with Crippen molar-refractivity contribution in [3.8, 4) is 22.6 Å². The molecule has 154 valence electrons. The van der Waals surface area contributed by atoms with E-state index in [9.17, 15) is 0 Å². The summed E-state index contributed by atoms with van der Waals surface area (Å²) in [4.78, 5) is 9.24. The number of aromatic amines is 1. The minimum atomic E-state index is 0.0343. The van der Waals surface area contributed by atoms with E-state index in [0.717, 1.165) is 33.4 Å². The van der Waals surface area contributed by atoms with Crippen molar-refractivity contribution in [2.75, 3.05) is 19.0 Å². The Morgan fingerprint density at radius 3 is 2.70 bits per heavy atom. The van der Waals surface area contributed by atoms with Crippen LogP contribution in [0.25, 0.3) is 22.0 Å². The molecule has 4 rings (SSSR count). The average Bonchev–Trinajstić information content (AvgIpc) is 3.29. The predicted molar refractivity (Wildman–Crippen MR) is 118 cm³/mol. The van der Waals surface area contributed by atoms with E-state index in [2.05, 4.69) is 56.7 Å². The number of hydrogen-bond donors (Lipinski definition) is 2. The number of fused-ring (bicyclic) bond motifs is 1. The number of benzene rings is 2. The number of nitrogens with one attached hydrogen (secondary N) is 2. The molecule has 2 aromatic carbocycles. The molecule has 0 aliphatic carbocycles. The fourth-order valence-corrected chi connectivity index (χ4v) is 3.48. The first-order chi connectivity index (χ1) is 14.6. The molecule has 0 radical (unpaired) electrons. The largest absolute Gasteiger partial charge is 0.493 e. The molecule has 4 aromatic rings. The number of hydrogen-bond acceptors (Lipinski definition) is 6. The van der Waals surface area contributed by atoms with Gasteiger partial charge in [0.05, 0.1) is 25.4 Å². The monoisotopic (exact) mass is 403 g/mol. The molecule has 30 heavy (non-hydrogen) atoms. The molecule has 0 amide bonds. The molecular formula is C23H25N5O2. The molecular weight excluding hydrogens is 378 g/mol. The van der Waals surface area contributed by atoms with Gasteiger partial charge in [0.25, 0.3) is 0 Å². The number of rotatable bonds is 7. The van der Waals surface area contributed by atoms with Crippen LogP contribution in [0.2, 0.25) is 0 Å². The molecule has 0 unspecified atom stereocenters. The Hall–Kier alpha value is -3.61. The van der Waals surface area contributed by atoms with Gasteiger partial charge < -0.3 is 14.8 Å². The van der Waals surface area contributed by atoms with Crippen LogP contribution in [-0.4, -0.2) is 33.9 Å². The summed E-state index contributed by atoms with van der Waals surface area (Å²) in [5.74, 6) is 2.80. The average molecular weight is 403 g/mol. The van der Waals surface area contributed by atoms with Crippen molar-refractivity contribution in [2.24, 2.45) is 0 Å². The smallest absolute Gasteiger partial charge is 0.162 e. The first-order valence-corrected chi connectivity index (χ1v) is 9.94. The molecule has 0 aliphatic heterocycles. The summed E-state index contributed by atoms with van der Waals surface area (Å²) in [5, 5.41) is 11.3. The Kier molecular flexibility index (Phi) is 5.52. The Balaban J connectivity index is 1.71. The third-order valence-electron chi connectivity index (χ3n) is 4.96. The molecule has 7 heteroatoms. The predicted octanol–water partition coefficient (Wildman–Crippen LogP) is 4.91. The second-order valence-electron chi connectivity index (χ2n) is 7.05. The highest BCUT2D eigenvalue weighted by atomic mass is 16.5. The number of H-pyrrole nitrogens is 1. The highest BCUT2D eigenvalue weighted by Gasteiger charge is 2.15. The quantitative estimate of drug-likeness (QED) is 0.456. The SMILES string of the molecule is CCOc1cc2c(N[C@H](C)c3cccc(-c4cn[nH]c4)c3)nc(C)nc2cc1OC. The second-order valence-corrected chi connectivity index (χ2v) is 7.05. The van der Waals surface area contributed by atoms with Gasteiger partial charge >= 0.3 is 0 Å². The third-order valence-corrected chi connectivity index (χ3v) is 4.96. The standard InChI is InChI=1S/C23H25N5O2/c1-5-30-22-10-19-20(11-21(22)29-4)27-15(3)28-23(19)26-14(2)16-7-6-8-17(9-16)18-12-24-25-13-18/h6-14H,5H2,1-4H3,(H,24,25)(H,26,27,28)/t14-/m1/s1. The highest BCUT2D eigenvalue weighted by molar-refractivity contribution is 5.92. The Morgan fingerprint density at radius 1 is 1.10 bits per heavy atom. The molecule has 2 heterocycles. The zero-order valence-electron chi connectivity index (χ0n) is 17.6. The molecule has 0 saturated heterocycles. The Labute approximate surface area is 175 Å². The van der Waals surface area contributed by atoms with Crippen LogP contribution < -0.4 is 14.8 Å². The van der Waals surface area contributed by atoms with Crippen LogP contribution in [0.1, 0.15) is 31.3 Å². The van der Waals surface area contributed by atoms with Crippen molar-refractivity contribution >= 4 is 16.7 Å². The maximum atomic E-state index is 5.75. The minimum absolute atomic E-state index is 0.0343. The molecule has 1 atom stereocenters. The fraction of sp³-hybridized carbons (Fsp3) is 0.261. The van der Waals surface area contributed by atoms with Gasteiger partial charge in [-0.25, -0.2) is 9.97 Å². The van der Waals surface area contributed by atoms with Crippen molar-refractivity contribution in [1.82, 2.24) is 20.2 Å². The van der Waals surface area contributed by atoms with Crippen LogP contribution in [0.4, 0.5) is 5.82 Å². The zero-order valence-corrected chi connectivity index (χ0v) is 17.6. The first-order valence-electron chi connectivity index (χ1n) is 9.94. The zero-order chi connectivity index (χ0) is 21.1. The van der Waals surface area contributed by atoms with E-state index in [1.54, 1.807) is 7.11 Å². The van der Waals surface area contributed by atoms with Crippen LogP contribution in [-0.2, 0) is 0 Å². The molecule has 0 fully saturated rings. The lowest BCUT2D eigenvalue weighted by molar-refractivity contribution is 0.311. The Bertz CT molecular complexity index is 1160. The summed E-state index contributed by atoms with van der Waals surface area (Å²) in [6.45, 7) is 6.50. The lowest BCUT2D eigenvalue weighted by atomic mass is 10.0. The first kappa shape index (κ1) is 19.7. The van der Waals surface area contributed by atoms with Gasteiger partial charge in [-0.3, -0.25) is 5.10 Å². The summed E-state index contributed by atoms with van der Waals surface area (Å²) < 4.78 is 11.2. The van der Waals surface area contributed by atoms with E-state index in [0.29, 0.717) is 23.9 Å². The maximum Gasteiger partial charge on any atom is 0.162 e. The lowest BCUT2D eigenvalue weighted by Gasteiger charge is -2.18. The van der Waals surface area contributed by atoms with Crippen LogP contribution in [0, 0.1) is 6.92 Å². The summed E-state index contributed by atoms with van der Waals surface area (Å²) in [5.41, 5.74) is 4.13. The molecule has 7 nitrogen and oxygen atoms in total. The topological polar surface area (TPSA) is 85.0 Å². The number of aryl methyl sites for hydroxylation is 1. The van der Waals surface area contributed by atoms with Crippen molar-refractivity contribution in [3.05, 3.63) is 60.2 Å². The molecule has 0 bridgehead atoms. The summed E-state index contributed by atoms with van der Waals surface area (Å²) in [6.07, 6.45) is 3.71. The van der Waals surface area contributed by atoms with Crippen LogP contribution >= 0.6 is 0 Å². The highest BCUT2D eigenvalue weighted by Crippen LogP contribution is 2.35. The van der Waals surface area contributed by atoms with Crippen LogP contribution in [0.15, 0.2) is 48.8 Å². The van der Waals surface area contributed by atoms with Gasteiger partial charge in [0.1, 0.15) is 11.6 Å². The van der Waals surface area contributed by atoms with Gasteiger partial charge in [-0.15, -0.1) is 0 Å². The van der Waals surface area contributed by atoms with Crippen molar-refractivity contribution in [1.29, 1.82) is 0 Å². The van der Waals surface area contributed by atoms with Crippen molar-refractivity contribution in [3.63, 3.8) is 0 Å². The minimum Gasteiger partial charge on any atom is -0.493 e. The number of anilines is 1. The molecule has 2 N–H and O–H groups in total. The van der Waals surface area contributed by atoms with Crippen LogP contribution in [0.5, 0.6) is 11.5 Å². The lowest BCUT2D eigenvalue weighted by Crippen LogP contribution is -2.10. The van der Waals surface area contributed by atoms with E-state index in [4.69, 9.17) is 9.47 Å². The van der Waals surface area contributed by atoms with Crippen molar-refractivity contribution < 1.29 is 9.47 Å². The molecule has 0 saturated carbocycles. The van der Waals surface area contributed by atoms with Gasteiger partial charge in [-0.2, -0.15) is 5.10 Å². The van der Waals surface area contributed by atoms with E-state index < -0.39 is 0 Å². The summed E-state index contributed by atoms with van der Waals surface area (Å²) in [6, 6.07) is 12.3. The van der Waals surface area contributed by atoms with Crippen LogP contribution in [0.3, 0.4) is 0 Å². The van der Waals surface area contributed by atoms with Gasteiger partial charge in [-0.05, 0) is 44.0 Å². The van der Waals surface area contributed by atoms with E-state index in [1.807, 2.05) is 38.4 Å². The maximum absolute atomic E-state index is 5.75. The summed E-state index contributed by atoms with van der Waals surface area (Å²) in [7, 11) is 1.63. The normalized spacial score (nSPS) is 12.0. The third kappa shape index (κ3) is 3.91. The fourth-order valence-electron chi connectivity index (χ4n) is 3.48. The molecule has 2 aromatic heterocycles. The van der Waals surface area contributed by atoms with E-state index >= 15 is 0 Å². The Morgan fingerprint density at radius 2 is 1.97 bits per heavy atom. The number of aromatic nitrogens is 4. The molecule has 0 aliphatic rings. The summed E-state index contributed by atoms with van der Waals surface area (Å²) >= 11 is 0. The molecule has 0 spiro atoms.